The monoisotopic (exact) mass is 370 g/mol. The van der Waals surface area contributed by atoms with E-state index in [4.69, 9.17) is 11.6 Å². The van der Waals surface area contributed by atoms with Crippen LogP contribution in [0.4, 0.5) is 4.39 Å². The van der Waals surface area contributed by atoms with E-state index in [1.54, 1.807) is 0 Å². The minimum Gasteiger partial charge on any atom is -0.317 e. The molecule has 1 aliphatic rings. The number of hydrogen-bond donors (Lipinski definition) is 1. The first-order valence-electron chi connectivity index (χ1n) is 7.11. The van der Waals surface area contributed by atoms with Gasteiger partial charge in [0, 0.05) is 13.1 Å². The van der Waals surface area contributed by atoms with Crippen molar-refractivity contribution in [2.45, 2.75) is 24.7 Å². The van der Waals surface area contributed by atoms with Crippen molar-refractivity contribution in [3.8, 4) is 0 Å². The van der Waals surface area contributed by atoms with Crippen LogP contribution in [0.1, 0.15) is 19.8 Å². The van der Waals surface area contributed by atoms with Crippen molar-refractivity contribution in [2.24, 2.45) is 5.92 Å². The van der Waals surface area contributed by atoms with Gasteiger partial charge in [0.05, 0.1) is 5.02 Å². The quantitative estimate of drug-likeness (QED) is 0.866. The van der Waals surface area contributed by atoms with Crippen LogP contribution >= 0.6 is 24.0 Å². The van der Waals surface area contributed by atoms with E-state index in [0.717, 1.165) is 32.0 Å². The molecule has 1 aromatic carbocycles. The highest BCUT2D eigenvalue weighted by atomic mass is 35.5. The fourth-order valence-electron chi connectivity index (χ4n) is 2.56. The highest BCUT2D eigenvalue weighted by Gasteiger charge is 2.32. The molecule has 0 spiro atoms. The van der Waals surface area contributed by atoms with Gasteiger partial charge in [0.15, 0.2) is 0 Å². The predicted molar refractivity (Wildman–Crippen MR) is 88.7 cm³/mol. The van der Waals surface area contributed by atoms with Crippen molar-refractivity contribution in [3.63, 3.8) is 0 Å². The molecule has 8 heteroatoms. The molecular weight excluding hydrogens is 350 g/mol. The summed E-state index contributed by atoms with van der Waals surface area (Å²) < 4.78 is 40.2. The van der Waals surface area contributed by atoms with Gasteiger partial charge < -0.3 is 5.32 Å². The number of benzene rings is 1. The molecule has 0 amide bonds. The summed E-state index contributed by atoms with van der Waals surface area (Å²) in [5.74, 6) is -0.329. The Morgan fingerprint density at radius 1 is 1.36 bits per heavy atom. The lowest BCUT2D eigenvalue weighted by atomic mass is 9.98. The molecular formula is C14H21Cl2FN2O2S. The maximum atomic E-state index is 13.8. The van der Waals surface area contributed by atoms with E-state index in [1.807, 2.05) is 6.92 Å². The normalized spacial score (nSPS) is 17.2. The van der Waals surface area contributed by atoms with Crippen LogP contribution in [0.5, 0.6) is 0 Å². The van der Waals surface area contributed by atoms with Crippen molar-refractivity contribution in [1.82, 2.24) is 9.62 Å². The summed E-state index contributed by atoms with van der Waals surface area (Å²) in [4.78, 5) is -0.406. The Morgan fingerprint density at radius 3 is 2.55 bits per heavy atom. The Bertz CT molecular complexity index is 570. The van der Waals surface area contributed by atoms with E-state index in [0.29, 0.717) is 19.0 Å². The third kappa shape index (κ3) is 4.32. The van der Waals surface area contributed by atoms with Crippen molar-refractivity contribution >= 4 is 34.0 Å². The average Bonchev–Trinajstić information content (AvgIpc) is 2.45. The predicted octanol–water partition coefficient (Wildman–Crippen LogP) is 2.91. The van der Waals surface area contributed by atoms with E-state index < -0.39 is 20.7 Å². The summed E-state index contributed by atoms with van der Waals surface area (Å²) in [5.41, 5.74) is 0. The fourth-order valence-corrected chi connectivity index (χ4v) is 4.59. The van der Waals surface area contributed by atoms with Crippen LogP contribution in [0.25, 0.3) is 0 Å². The second kappa shape index (κ2) is 8.45. The summed E-state index contributed by atoms with van der Waals surface area (Å²) in [6.07, 6.45) is 1.55. The van der Waals surface area contributed by atoms with Crippen molar-refractivity contribution < 1.29 is 12.8 Å². The molecule has 1 saturated heterocycles. The number of nitrogens with one attached hydrogen (secondary N) is 1. The Balaban J connectivity index is 0.00000242. The molecule has 0 unspecified atom stereocenters. The molecule has 0 saturated carbocycles. The molecule has 1 N–H and O–H groups in total. The SMILES string of the molecule is CCNCC1CCN(S(=O)(=O)c2c(F)cccc2Cl)CC1.Cl. The van der Waals surface area contributed by atoms with Crippen molar-refractivity contribution in [2.75, 3.05) is 26.2 Å². The number of sulfonamides is 1. The van der Waals surface area contributed by atoms with Gasteiger partial charge in [0.25, 0.3) is 0 Å². The maximum Gasteiger partial charge on any atom is 0.247 e. The molecule has 126 valence electrons. The molecule has 0 aromatic heterocycles. The second-order valence-electron chi connectivity index (χ2n) is 5.21. The zero-order valence-electron chi connectivity index (χ0n) is 12.4. The zero-order valence-corrected chi connectivity index (χ0v) is 14.8. The van der Waals surface area contributed by atoms with Crippen molar-refractivity contribution in [1.29, 1.82) is 0 Å². The minimum atomic E-state index is -3.86. The summed E-state index contributed by atoms with van der Waals surface area (Å²) >= 11 is 5.87. The number of hydrogen-bond acceptors (Lipinski definition) is 3. The molecule has 0 bridgehead atoms. The maximum absolute atomic E-state index is 13.8. The van der Waals surface area contributed by atoms with E-state index in [9.17, 15) is 12.8 Å². The van der Waals surface area contributed by atoms with E-state index in [1.165, 1.54) is 16.4 Å². The van der Waals surface area contributed by atoms with E-state index in [2.05, 4.69) is 5.32 Å². The van der Waals surface area contributed by atoms with Gasteiger partial charge in [0.1, 0.15) is 10.7 Å². The molecule has 0 radical (unpaired) electrons. The molecule has 2 rings (SSSR count). The molecule has 0 aliphatic carbocycles. The smallest absolute Gasteiger partial charge is 0.247 e. The lowest BCUT2D eigenvalue weighted by molar-refractivity contribution is 0.268. The first-order valence-corrected chi connectivity index (χ1v) is 8.93. The van der Waals surface area contributed by atoms with Crippen LogP contribution in [-0.4, -0.2) is 38.9 Å². The molecule has 1 aromatic rings. The third-order valence-corrected chi connectivity index (χ3v) is 6.18. The molecule has 1 heterocycles. The highest BCUT2D eigenvalue weighted by molar-refractivity contribution is 7.89. The zero-order chi connectivity index (χ0) is 15.5. The van der Waals surface area contributed by atoms with Gasteiger partial charge in [-0.25, -0.2) is 12.8 Å². The van der Waals surface area contributed by atoms with Crippen molar-refractivity contribution in [3.05, 3.63) is 29.0 Å². The fraction of sp³-hybridized carbons (Fsp3) is 0.571. The minimum absolute atomic E-state index is 0. The first kappa shape index (κ1) is 19.6. The summed E-state index contributed by atoms with van der Waals surface area (Å²) in [6.45, 7) is 4.65. The number of halogens is 3. The van der Waals surface area contributed by atoms with Gasteiger partial charge >= 0.3 is 0 Å². The van der Waals surface area contributed by atoms with Crippen LogP contribution in [0, 0.1) is 11.7 Å². The van der Waals surface area contributed by atoms with Crippen LogP contribution in [0.3, 0.4) is 0 Å². The molecule has 22 heavy (non-hydrogen) atoms. The Morgan fingerprint density at radius 2 is 2.00 bits per heavy atom. The Hall–Kier alpha value is -0.400. The largest absolute Gasteiger partial charge is 0.317 e. The number of nitrogens with zero attached hydrogens (tertiary/aromatic N) is 1. The van der Waals surface area contributed by atoms with Crippen LogP contribution < -0.4 is 5.32 Å². The van der Waals surface area contributed by atoms with Gasteiger partial charge in [-0.3, -0.25) is 0 Å². The first-order chi connectivity index (χ1) is 9.96. The van der Waals surface area contributed by atoms with Gasteiger partial charge in [-0.05, 0) is 44.0 Å². The summed E-state index contributed by atoms with van der Waals surface area (Å²) in [7, 11) is -3.86. The molecule has 1 aliphatic heterocycles. The summed E-state index contributed by atoms with van der Waals surface area (Å²) in [5, 5.41) is 3.21. The summed E-state index contributed by atoms with van der Waals surface area (Å²) in [6, 6.07) is 3.92. The highest BCUT2D eigenvalue weighted by Crippen LogP contribution is 2.29. The van der Waals surface area contributed by atoms with Crippen LogP contribution in [0.15, 0.2) is 23.1 Å². The van der Waals surface area contributed by atoms with Gasteiger partial charge in [0.2, 0.25) is 10.0 Å². The molecule has 1 fully saturated rings. The lowest BCUT2D eigenvalue weighted by Gasteiger charge is -2.31. The molecule has 0 atom stereocenters. The van der Waals surface area contributed by atoms with E-state index >= 15 is 0 Å². The molecule has 4 nitrogen and oxygen atoms in total. The standard InChI is InChI=1S/C14H20ClFN2O2S.ClH/c1-2-17-10-11-6-8-18(9-7-11)21(19,20)14-12(15)4-3-5-13(14)16;/h3-5,11,17H,2,6-10H2,1H3;1H. The van der Waals surface area contributed by atoms with Gasteiger partial charge in [-0.1, -0.05) is 24.6 Å². The lowest BCUT2D eigenvalue weighted by Crippen LogP contribution is -2.41. The Labute approximate surface area is 142 Å². The van der Waals surface area contributed by atoms with Gasteiger partial charge in [-0.2, -0.15) is 4.31 Å². The van der Waals surface area contributed by atoms with Gasteiger partial charge in [-0.15, -0.1) is 12.4 Å². The van der Waals surface area contributed by atoms with Crippen LogP contribution in [0.2, 0.25) is 5.02 Å². The second-order valence-corrected chi connectivity index (χ2v) is 7.49. The average molecular weight is 371 g/mol. The van der Waals surface area contributed by atoms with E-state index in [-0.39, 0.29) is 17.4 Å². The topological polar surface area (TPSA) is 49.4 Å². The third-order valence-electron chi connectivity index (χ3n) is 3.77. The number of piperidine rings is 1. The van der Waals surface area contributed by atoms with Crippen LogP contribution in [-0.2, 0) is 10.0 Å². The Kier molecular flexibility index (Phi) is 7.55. The number of rotatable bonds is 5.